The predicted molar refractivity (Wildman–Crippen MR) is 54.2 cm³/mol. The van der Waals surface area contributed by atoms with Crippen LogP contribution in [0.5, 0.6) is 0 Å². The van der Waals surface area contributed by atoms with E-state index in [0.29, 0.717) is 6.54 Å². The fourth-order valence-corrected chi connectivity index (χ4v) is 1.41. The molecule has 1 rings (SSSR count). The third-order valence-electron chi connectivity index (χ3n) is 1.15. The molecule has 0 unspecified atom stereocenters. The molecule has 4 nitrogen and oxygen atoms in total. The maximum absolute atomic E-state index is 5.15. The second-order valence-corrected chi connectivity index (χ2v) is 3.02. The quantitative estimate of drug-likeness (QED) is 0.471. The van der Waals surface area contributed by atoms with Gasteiger partial charge in [0.25, 0.3) is 0 Å². The smallest absolute Gasteiger partial charge is 0.127 e. The maximum Gasteiger partial charge on any atom is 0.127 e. The summed E-state index contributed by atoms with van der Waals surface area (Å²) in [6, 6.07) is 0. The Kier molecular flexibility index (Phi) is 4.98. The van der Waals surface area contributed by atoms with E-state index in [1.165, 1.54) is 0 Å². The molecule has 0 aliphatic heterocycles. The molecule has 1 heterocycles. The van der Waals surface area contributed by atoms with Crippen LogP contribution in [-0.4, -0.2) is 9.78 Å². The highest BCUT2D eigenvalue weighted by molar-refractivity contribution is 14.1. The monoisotopic (exact) mass is 288 g/mol. The normalized spacial score (nSPS) is 9.36. The van der Waals surface area contributed by atoms with E-state index >= 15 is 0 Å². The molecule has 0 aliphatic rings. The molecule has 11 heavy (non-hydrogen) atoms. The molecule has 0 saturated heterocycles. The second kappa shape index (κ2) is 4.91. The Morgan fingerprint density at radius 2 is 2.45 bits per heavy atom. The first-order valence-corrected chi connectivity index (χ1v) is 3.93. The fourth-order valence-electron chi connectivity index (χ4n) is 0.739. The zero-order chi connectivity index (χ0) is 7.56. The van der Waals surface area contributed by atoms with Crippen molar-refractivity contribution < 1.29 is 0 Å². The molecule has 1 aromatic rings. The van der Waals surface area contributed by atoms with E-state index in [0.717, 1.165) is 9.26 Å². The van der Waals surface area contributed by atoms with Crippen molar-refractivity contribution >= 4 is 35.0 Å². The van der Waals surface area contributed by atoms with Gasteiger partial charge in [0.1, 0.15) is 3.70 Å². The summed E-state index contributed by atoms with van der Waals surface area (Å²) in [6.07, 6.45) is 1.95. The van der Waals surface area contributed by atoms with Crippen LogP contribution in [0, 0.1) is 3.70 Å². The van der Waals surface area contributed by atoms with Gasteiger partial charge in [-0.15, -0.1) is 12.4 Å². The molecule has 64 valence electrons. The fraction of sp³-hybridized carbons (Fsp3) is 0.400. The minimum Gasteiger partial charge on any atom is -0.274 e. The van der Waals surface area contributed by atoms with Crippen molar-refractivity contribution in [3.63, 3.8) is 0 Å². The summed E-state index contributed by atoms with van der Waals surface area (Å²) in [6.45, 7) is 0.673. The Morgan fingerprint density at radius 1 is 1.82 bits per heavy atom. The number of halogens is 2. The largest absolute Gasteiger partial charge is 0.274 e. The number of hydrogen-bond donors (Lipinski definition) is 2. The van der Waals surface area contributed by atoms with E-state index in [4.69, 9.17) is 5.84 Å². The van der Waals surface area contributed by atoms with E-state index < -0.39 is 0 Å². The molecule has 0 spiro atoms. The van der Waals surface area contributed by atoms with Crippen LogP contribution < -0.4 is 11.3 Å². The van der Waals surface area contributed by atoms with Gasteiger partial charge in [-0.25, -0.2) is 0 Å². The highest BCUT2D eigenvalue weighted by atomic mass is 127. The zero-order valence-corrected chi connectivity index (χ0v) is 9.02. The molecule has 0 radical (unpaired) electrons. The third-order valence-corrected chi connectivity index (χ3v) is 2.05. The zero-order valence-electron chi connectivity index (χ0n) is 6.04. The number of aromatic nitrogens is 2. The molecule has 6 heteroatoms. The Bertz CT molecular complexity index is 224. The number of nitrogens with one attached hydrogen (secondary N) is 1. The number of nitrogens with zero attached hydrogens (tertiary/aromatic N) is 2. The van der Waals surface area contributed by atoms with Crippen LogP contribution in [0.1, 0.15) is 5.56 Å². The molecule has 0 fully saturated rings. The lowest BCUT2D eigenvalue weighted by Gasteiger charge is -1.92. The van der Waals surface area contributed by atoms with Crippen LogP contribution in [0.15, 0.2) is 6.20 Å². The first kappa shape index (κ1) is 11.2. The molecular formula is C5H10ClIN4. The number of nitrogens with two attached hydrogens (primary N) is 1. The van der Waals surface area contributed by atoms with Gasteiger partial charge in [-0.05, 0) is 22.6 Å². The van der Waals surface area contributed by atoms with E-state index in [2.05, 4.69) is 33.1 Å². The van der Waals surface area contributed by atoms with E-state index in [-0.39, 0.29) is 12.4 Å². The van der Waals surface area contributed by atoms with Gasteiger partial charge < -0.3 is 0 Å². The number of aryl methyl sites for hydroxylation is 1. The van der Waals surface area contributed by atoms with E-state index in [9.17, 15) is 0 Å². The molecule has 0 atom stereocenters. The van der Waals surface area contributed by atoms with Gasteiger partial charge in [-0.1, -0.05) is 0 Å². The SMILES string of the molecule is Cl.Cn1cc(CNN)c(I)n1. The van der Waals surface area contributed by atoms with Gasteiger partial charge in [0, 0.05) is 25.4 Å². The molecule has 1 aromatic heterocycles. The number of hydrazine groups is 1. The summed E-state index contributed by atoms with van der Waals surface area (Å²) in [7, 11) is 1.89. The molecule has 3 N–H and O–H groups in total. The lowest BCUT2D eigenvalue weighted by molar-refractivity contribution is 0.736. The molecular weight excluding hydrogens is 278 g/mol. The Morgan fingerprint density at radius 3 is 2.82 bits per heavy atom. The maximum atomic E-state index is 5.15. The van der Waals surface area contributed by atoms with Gasteiger partial charge in [0.2, 0.25) is 0 Å². The Hall–Kier alpha value is 0.150. The summed E-state index contributed by atoms with van der Waals surface area (Å²) in [5.74, 6) is 5.15. The lowest BCUT2D eigenvalue weighted by Crippen LogP contribution is -2.20. The van der Waals surface area contributed by atoms with Crippen molar-refractivity contribution in [2.75, 3.05) is 0 Å². The molecule has 0 aliphatic carbocycles. The highest BCUT2D eigenvalue weighted by Gasteiger charge is 2.01. The average Bonchev–Trinajstić information content (AvgIpc) is 2.13. The summed E-state index contributed by atoms with van der Waals surface area (Å²) in [5.41, 5.74) is 3.71. The predicted octanol–water partition coefficient (Wildman–Crippen LogP) is 0.410. The molecule has 0 aromatic carbocycles. The van der Waals surface area contributed by atoms with Crippen LogP contribution in [0.3, 0.4) is 0 Å². The Balaban J connectivity index is 0.000001000. The van der Waals surface area contributed by atoms with Crippen molar-refractivity contribution in [3.05, 3.63) is 15.5 Å². The van der Waals surface area contributed by atoms with Crippen LogP contribution in [0.4, 0.5) is 0 Å². The van der Waals surface area contributed by atoms with E-state index in [1.807, 2.05) is 13.2 Å². The average molecular weight is 289 g/mol. The summed E-state index contributed by atoms with van der Waals surface area (Å²) in [4.78, 5) is 0. The molecule has 0 saturated carbocycles. The first-order valence-electron chi connectivity index (χ1n) is 2.85. The van der Waals surface area contributed by atoms with Crippen molar-refractivity contribution in [1.29, 1.82) is 0 Å². The van der Waals surface area contributed by atoms with Crippen LogP contribution in [0.2, 0.25) is 0 Å². The molecule has 0 bridgehead atoms. The Labute approximate surface area is 85.0 Å². The van der Waals surface area contributed by atoms with Crippen molar-refractivity contribution in [3.8, 4) is 0 Å². The van der Waals surface area contributed by atoms with Crippen molar-refractivity contribution in [2.24, 2.45) is 12.9 Å². The van der Waals surface area contributed by atoms with Crippen LogP contribution >= 0.6 is 35.0 Å². The van der Waals surface area contributed by atoms with Gasteiger partial charge in [-0.2, -0.15) is 5.10 Å². The summed E-state index contributed by atoms with van der Waals surface area (Å²) >= 11 is 2.18. The van der Waals surface area contributed by atoms with Gasteiger partial charge in [0.15, 0.2) is 0 Å². The van der Waals surface area contributed by atoms with Crippen molar-refractivity contribution in [1.82, 2.24) is 15.2 Å². The third kappa shape index (κ3) is 2.94. The van der Waals surface area contributed by atoms with Gasteiger partial charge in [-0.3, -0.25) is 16.0 Å². The summed E-state index contributed by atoms with van der Waals surface area (Å²) < 4.78 is 2.77. The standard InChI is InChI=1S/C5H9IN4.ClH/c1-10-3-4(2-8-7)5(6)9-10;/h3,8H,2,7H2,1H3;1H. The second-order valence-electron chi connectivity index (χ2n) is 2.00. The van der Waals surface area contributed by atoms with Crippen LogP contribution in [0.25, 0.3) is 0 Å². The minimum atomic E-state index is 0. The van der Waals surface area contributed by atoms with E-state index in [1.54, 1.807) is 4.68 Å². The molecule has 0 amide bonds. The summed E-state index contributed by atoms with van der Waals surface area (Å²) in [5, 5.41) is 4.14. The minimum absolute atomic E-state index is 0. The lowest BCUT2D eigenvalue weighted by atomic mass is 10.4. The topological polar surface area (TPSA) is 55.9 Å². The van der Waals surface area contributed by atoms with Crippen LogP contribution in [-0.2, 0) is 13.6 Å². The highest BCUT2D eigenvalue weighted by Crippen LogP contribution is 2.07. The van der Waals surface area contributed by atoms with Gasteiger partial charge >= 0.3 is 0 Å². The van der Waals surface area contributed by atoms with Crippen molar-refractivity contribution in [2.45, 2.75) is 6.54 Å². The number of rotatable bonds is 2. The van der Waals surface area contributed by atoms with Gasteiger partial charge in [0.05, 0.1) is 0 Å². The number of hydrogen-bond acceptors (Lipinski definition) is 3. The first-order chi connectivity index (χ1) is 4.74.